The number of hydrogen-bond donors (Lipinski definition) is 4. The molecule has 0 spiro atoms. The Labute approximate surface area is 247 Å². The smallest absolute Gasteiger partial charge is 0.436 e. The molecule has 0 saturated carbocycles. The molecule has 0 fully saturated rings. The highest BCUT2D eigenvalue weighted by molar-refractivity contribution is 7.59. The van der Waals surface area contributed by atoms with E-state index in [0.29, 0.717) is 25.7 Å². The third-order valence-corrected chi connectivity index (χ3v) is 11.0. The summed E-state index contributed by atoms with van der Waals surface area (Å²) in [5, 5.41) is 0.480. The maximum atomic E-state index is 14.7. The van der Waals surface area contributed by atoms with Crippen molar-refractivity contribution in [3.63, 3.8) is 0 Å². The fraction of sp³-hybridized carbons (Fsp3) is 0.367. The van der Waals surface area contributed by atoms with Crippen LogP contribution in [0.25, 0.3) is 0 Å². The lowest BCUT2D eigenvalue weighted by molar-refractivity contribution is 0.139. The van der Waals surface area contributed by atoms with E-state index in [4.69, 9.17) is 19.5 Å². The number of nitrogens with one attached hydrogen (secondary N) is 1. The van der Waals surface area contributed by atoms with Crippen LogP contribution in [0.5, 0.6) is 11.5 Å². The number of carbonyl (C=O) groups is 1. The molecule has 0 bridgehead atoms. The molecule has 228 valence electrons. The summed E-state index contributed by atoms with van der Waals surface area (Å²) in [6, 6.07) is 25.9. The quantitative estimate of drug-likeness (QED) is 0.0940. The first-order valence-electron chi connectivity index (χ1n) is 14.0. The molecule has 0 aliphatic heterocycles. The second-order valence-corrected chi connectivity index (χ2v) is 14.0. The first kappa shape index (κ1) is 33.4. The van der Waals surface area contributed by atoms with Crippen molar-refractivity contribution in [3.8, 4) is 11.5 Å². The van der Waals surface area contributed by atoms with E-state index in [0.717, 1.165) is 5.56 Å². The molecule has 0 aliphatic carbocycles. The van der Waals surface area contributed by atoms with Crippen molar-refractivity contribution in [1.82, 2.24) is 5.32 Å². The number of alkyl carbamates (subject to hydrolysis) is 1. The SMILES string of the molecule is CCCCC(N)(C(CCCCNC(=O)OCc1ccccc1)P(=O)(Oc1ccccc1)Oc1ccccc1)P(=O)(O)O. The van der Waals surface area contributed by atoms with E-state index >= 15 is 0 Å². The largest absolute Gasteiger partial charge is 0.445 e. The van der Waals surface area contributed by atoms with E-state index in [2.05, 4.69) is 5.32 Å². The van der Waals surface area contributed by atoms with E-state index in [1.54, 1.807) is 60.7 Å². The summed E-state index contributed by atoms with van der Waals surface area (Å²) in [5.74, 6) is 0.432. The molecule has 1 amide bonds. The van der Waals surface area contributed by atoms with Gasteiger partial charge in [0.15, 0.2) is 0 Å². The molecule has 5 N–H and O–H groups in total. The van der Waals surface area contributed by atoms with E-state index in [-0.39, 0.29) is 37.5 Å². The Balaban J connectivity index is 1.81. The third-order valence-electron chi connectivity index (χ3n) is 6.77. The molecular weight excluding hydrogens is 578 g/mol. The lowest BCUT2D eigenvalue weighted by atomic mass is 10.0. The third kappa shape index (κ3) is 9.72. The molecular formula is C30H40N2O8P2. The van der Waals surface area contributed by atoms with Crippen molar-refractivity contribution in [1.29, 1.82) is 0 Å². The molecule has 2 atom stereocenters. The number of nitrogens with two attached hydrogens (primary N) is 1. The predicted octanol–water partition coefficient (Wildman–Crippen LogP) is 6.83. The molecule has 0 heterocycles. The summed E-state index contributed by atoms with van der Waals surface area (Å²) in [6.45, 7) is 2.23. The van der Waals surface area contributed by atoms with Gasteiger partial charge in [0.2, 0.25) is 0 Å². The normalized spacial score (nSPS) is 13.9. The Bertz CT molecular complexity index is 1280. The predicted molar refractivity (Wildman–Crippen MR) is 163 cm³/mol. The summed E-state index contributed by atoms with van der Waals surface area (Å²) in [6.07, 6.45) is 1.04. The second-order valence-electron chi connectivity index (χ2n) is 9.99. The number of amides is 1. The highest BCUT2D eigenvalue weighted by Crippen LogP contribution is 2.65. The molecule has 0 aliphatic rings. The van der Waals surface area contributed by atoms with Crippen molar-refractivity contribution in [2.24, 2.45) is 5.73 Å². The standard InChI is InChI=1S/C30H40N2O8P2/c1-2-3-22-30(31,42(35,36)37)28(21-13-14-23-32-29(33)38-24-25-15-7-4-8-16-25)41(34,39-26-17-9-5-10-18-26)40-27-19-11-6-12-20-27/h4-12,15-20,28H,2-3,13-14,21-24,31H2,1H3,(H,32,33)(H2,35,36,37). The van der Waals surface area contributed by atoms with Crippen LogP contribution in [0.1, 0.15) is 51.0 Å². The number of carbonyl (C=O) groups excluding carboxylic acids is 1. The molecule has 3 aromatic carbocycles. The summed E-state index contributed by atoms with van der Waals surface area (Å²) in [7, 11) is -9.41. The summed E-state index contributed by atoms with van der Waals surface area (Å²) < 4.78 is 44.9. The zero-order valence-electron chi connectivity index (χ0n) is 23.7. The van der Waals surface area contributed by atoms with Crippen LogP contribution < -0.4 is 20.1 Å². The van der Waals surface area contributed by atoms with Crippen molar-refractivity contribution in [3.05, 3.63) is 96.6 Å². The zero-order valence-corrected chi connectivity index (χ0v) is 25.5. The molecule has 42 heavy (non-hydrogen) atoms. The fourth-order valence-electron chi connectivity index (χ4n) is 4.48. The first-order chi connectivity index (χ1) is 20.1. The van der Waals surface area contributed by atoms with Crippen LogP contribution in [0.15, 0.2) is 91.0 Å². The Kier molecular flexibility index (Phi) is 12.6. The number of hydrogen-bond acceptors (Lipinski definition) is 7. The van der Waals surface area contributed by atoms with Crippen molar-refractivity contribution in [2.75, 3.05) is 6.54 Å². The van der Waals surface area contributed by atoms with Crippen molar-refractivity contribution in [2.45, 2.75) is 63.0 Å². The molecule has 0 radical (unpaired) electrons. The van der Waals surface area contributed by atoms with E-state index in [1.165, 1.54) is 0 Å². The van der Waals surface area contributed by atoms with E-state index < -0.39 is 32.2 Å². The van der Waals surface area contributed by atoms with Gasteiger partial charge < -0.3 is 34.6 Å². The minimum absolute atomic E-state index is 0.00299. The van der Waals surface area contributed by atoms with Gasteiger partial charge in [-0.3, -0.25) is 4.57 Å². The molecule has 12 heteroatoms. The summed E-state index contributed by atoms with van der Waals surface area (Å²) >= 11 is 0. The Hall–Kier alpha value is -3.13. The van der Waals surface area contributed by atoms with Crippen LogP contribution in [0, 0.1) is 0 Å². The molecule has 3 aromatic rings. The van der Waals surface area contributed by atoms with E-state index in [9.17, 15) is 23.7 Å². The van der Waals surface area contributed by atoms with Crippen LogP contribution in [0.2, 0.25) is 0 Å². The lowest BCUT2D eigenvalue weighted by Crippen LogP contribution is -2.51. The van der Waals surface area contributed by atoms with Gasteiger partial charge in [-0.15, -0.1) is 0 Å². The van der Waals surface area contributed by atoms with Gasteiger partial charge in [-0.1, -0.05) is 92.9 Å². The Morgan fingerprint density at radius 3 is 1.88 bits per heavy atom. The number of rotatable bonds is 17. The van der Waals surface area contributed by atoms with Crippen LogP contribution in [0.3, 0.4) is 0 Å². The zero-order chi connectivity index (χ0) is 30.5. The average molecular weight is 619 g/mol. The Morgan fingerprint density at radius 2 is 1.38 bits per heavy atom. The van der Waals surface area contributed by atoms with Crippen LogP contribution >= 0.6 is 15.2 Å². The van der Waals surface area contributed by atoms with E-state index in [1.807, 2.05) is 37.3 Å². The van der Waals surface area contributed by atoms with Gasteiger partial charge in [-0.05, 0) is 49.1 Å². The summed E-state index contributed by atoms with van der Waals surface area (Å²) in [4.78, 5) is 33.2. The molecule has 10 nitrogen and oxygen atoms in total. The maximum Gasteiger partial charge on any atom is 0.436 e. The minimum atomic E-state index is -5.03. The van der Waals surface area contributed by atoms with Crippen molar-refractivity contribution >= 4 is 21.3 Å². The van der Waals surface area contributed by atoms with Gasteiger partial charge in [0.1, 0.15) is 29.0 Å². The number of unbranched alkanes of at least 4 members (excludes halogenated alkanes) is 2. The number of benzene rings is 3. The van der Waals surface area contributed by atoms with Crippen LogP contribution in [0.4, 0.5) is 4.79 Å². The van der Waals surface area contributed by atoms with Gasteiger partial charge in [0, 0.05) is 6.54 Å². The van der Waals surface area contributed by atoms with Crippen LogP contribution in [-0.4, -0.2) is 33.4 Å². The van der Waals surface area contributed by atoms with Gasteiger partial charge in [0.25, 0.3) is 0 Å². The molecule has 3 rings (SSSR count). The first-order valence-corrected chi connectivity index (χ1v) is 17.2. The van der Waals surface area contributed by atoms with Crippen molar-refractivity contribution < 1.29 is 37.5 Å². The highest BCUT2D eigenvalue weighted by Gasteiger charge is 2.59. The number of para-hydroxylation sites is 2. The monoisotopic (exact) mass is 618 g/mol. The maximum absolute atomic E-state index is 14.7. The molecule has 0 aromatic heterocycles. The lowest BCUT2D eigenvalue weighted by Gasteiger charge is -2.40. The Morgan fingerprint density at radius 1 is 0.857 bits per heavy atom. The molecule has 0 saturated heterocycles. The number of ether oxygens (including phenoxy) is 1. The van der Waals surface area contributed by atoms with Gasteiger partial charge in [-0.2, -0.15) is 0 Å². The highest BCUT2D eigenvalue weighted by atomic mass is 31.2. The van der Waals surface area contributed by atoms with Crippen LogP contribution in [-0.2, 0) is 20.5 Å². The fourth-order valence-corrected chi connectivity index (χ4v) is 8.62. The minimum Gasteiger partial charge on any atom is -0.445 e. The topological polar surface area (TPSA) is 157 Å². The molecule has 2 unspecified atom stereocenters. The van der Waals surface area contributed by atoms with Gasteiger partial charge in [0.05, 0.1) is 0 Å². The van der Waals surface area contributed by atoms with Gasteiger partial charge in [-0.25, -0.2) is 9.36 Å². The summed E-state index contributed by atoms with van der Waals surface area (Å²) in [5.41, 5.74) is 6.05. The average Bonchev–Trinajstić information content (AvgIpc) is 2.97. The second kappa shape index (κ2) is 15.9. The van der Waals surface area contributed by atoms with Gasteiger partial charge >= 0.3 is 21.3 Å².